The highest BCUT2D eigenvalue weighted by Gasteiger charge is 2.36. The van der Waals surface area contributed by atoms with E-state index in [9.17, 15) is 0 Å². The Balaban J connectivity index is 2.09. The van der Waals surface area contributed by atoms with Crippen LogP contribution in [0.1, 0.15) is 32.2 Å². The van der Waals surface area contributed by atoms with Crippen molar-refractivity contribution in [1.82, 2.24) is 15.2 Å². The van der Waals surface area contributed by atoms with Crippen LogP contribution in [-0.4, -0.2) is 36.1 Å². The van der Waals surface area contributed by atoms with Crippen LogP contribution < -0.4 is 5.32 Å². The van der Waals surface area contributed by atoms with Gasteiger partial charge in [0.2, 0.25) is 0 Å². The Morgan fingerprint density at radius 2 is 2.29 bits per heavy atom. The van der Waals surface area contributed by atoms with Crippen LogP contribution in [0.5, 0.6) is 0 Å². The molecule has 0 spiro atoms. The average molecular weight is 253 g/mol. The molecule has 2 heterocycles. The fraction of sp³-hybridized carbons (Fsp3) is 0.769. The minimum Gasteiger partial charge on any atom is -0.317 e. The van der Waals surface area contributed by atoms with Gasteiger partial charge in [-0.3, -0.25) is 4.90 Å². The van der Waals surface area contributed by atoms with Crippen LogP contribution in [0.2, 0.25) is 0 Å². The standard InChI is InChI=1S/C13H23N3S/c1-10-9-16(7-5-11(10)14-4)13(2,3)12-15-6-8-17-12/h6,8,10-11,14H,5,7,9H2,1-4H3. The van der Waals surface area contributed by atoms with E-state index < -0.39 is 0 Å². The van der Waals surface area contributed by atoms with Gasteiger partial charge < -0.3 is 5.32 Å². The van der Waals surface area contributed by atoms with Gasteiger partial charge in [-0.2, -0.15) is 0 Å². The number of piperidine rings is 1. The fourth-order valence-corrected chi connectivity index (χ4v) is 3.53. The van der Waals surface area contributed by atoms with E-state index in [2.05, 4.69) is 48.4 Å². The summed E-state index contributed by atoms with van der Waals surface area (Å²) in [5, 5.41) is 6.72. The normalized spacial score (nSPS) is 27.3. The average Bonchev–Trinajstić information content (AvgIpc) is 2.83. The second kappa shape index (κ2) is 5.04. The Labute approximate surface area is 108 Å². The van der Waals surface area contributed by atoms with Crippen LogP contribution in [0.15, 0.2) is 11.6 Å². The maximum absolute atomic E-state index is 4.49. The highest BCUT2D eigenvalue weighted by Crippen LogP contribution is 2.32. The zero-order valence-electron chi connectivity index (χ0n) is 11.2. The number of hydrogen-bond donors (Lipinski definition) is 1. The van der Waals surface area contributed by atoms with Crippen LogP contribution in [0.25, 0.3) is 0 Å². The largest absolute Gasteiger partial charge is 0.317 e. The lowest BCUT2D eigenvalue weighted by atomic mass is 9.90. The first-order chi connectivity index (χ1) is 8.05. The third-order valence-corrected chi connectivity index (χ3v) is 5.11. The van der Waals surface area contributed by atoms with Gasteiger partial charge >= 0.3 is 0 Å². The van der Waals surface area contributed by atoms with Crippen molar-refractivity contribution in [3.8, 4) is 0 Å². The molecule has 1 fully saturated rings. The molecule has 0 aromatic carbocycles. The number of aromatic nitrogens is 1. The van der Waals surface area contributed by atoms with Gasteiger partial charge in [-0.15, -0.1) is 11.3 Å². The summed E-state index contributed by atoms with van der Waals surface area (Å²) in [6.07, 6.45) is 3.14. The van der Waals surface area contributed by atoms with E-state index in [1.807, 2.05) is 6.20 Å². The van der Waals surface area contributed by atoms with Crippen LogP contribution >= 0.6 is 11.3 Å². The molecular weight excluding hydrogens is 230 g/mol. The number of nitrogens with one attached hydrogen (secondary N) is 1. The Bertz CT molecular complexity index is 348. The van der Waals surface area contributed by atoms with Gasteiger partial charge in [0.1, 0.15) is 5.01 Å². The molecule has 1 aromatic heterocycles. The second-order valence-corrected chi connectivity index (χ2v) is 6.40. The van der Waals surface area contributed by atoms with E-state index in [0.29, 0.717) is 12.0 Å². The summed E-state index contributed by atoms with van der Waals surface area (Å²) in [7, 11) is 2.07. The van der Waals surface area contributed by atoms with Gasteiger partial charge in [0, 0.05) is 30.7 Å². The minimum absolute atomic E-state index is 0.0706. The lowest BCUT2D eigenvalue weighted by molar-refractivity contribution is 0.0540. The number of hydrogen-bond acceptors (Lipinski definition) is 4. The number of likely N-dealkylation sites (tertiary alicyclic amines) is 1. The van der Waals surface area contributed by atoms with Crippen molar-refractivity contribution in [2.24, 2.45) is 5.92 Å². The molecular formula is C13H23N3S. The van der Waals surface area contributed by atoms with Gasteiger partial charge in [-0.1, -0.05) is 6.92 Å². The van der Waals surface area contributed by atoms with Gasteiger partial charge in [-0.25, -0.2) is 4.98 Å². The first-order valence-electron chi connectivity index (χ1n) is 6.38. The van der Waals surface area contributed by atoms with E-state index in [-0.39, 0.29) is 5.54 Å². The van der Waals surface area contributed by atoms with Crippen LogP contribution in [-0.2, 0) is 5.54 Å². The molecule has 0 amide bonds. The molecule has 2 atom stereocenters. The number of nitrogens with zero attached hydrogens (tertiary/aromatic N) is 2. The number of rotatable bonds is 3. The summed E-state index contributed by atoms with van der Waals surface area (Å²) in [6.45, 7) is 9.22. The molecule has 3 nitrogen and oxygen atoms in total. The third kappa shape index (κ3) is 2.54. The molecule has 1 aromatic rings. The Hall–Kier alpha value is -0.450. The second-order valence-electron chi connectivity index (χ2n) is 5.50. The van der Waals surface area contributed by atoms with Crippen LogP contribution in [0.4, 0.5) is 0 Å². The molecule has 0 aliphatic carbocycles. The molecule has 2 rings (SSSR count). The van der Waals surface area contributed by atoms with Gasteiger partial charge in [0.15, 0.2) is 0 Å². The SMILES string of the molecule is CNC1CCN(C(C)(C)c2nccs2)CC1C. The molecule has 1 N–H and O–H groups in total. The van der Waals surface area contributed by atoms with Crippen LogP contribution in [0, 0.1) is 5.92 Å². The third-order valence-electron chi connectivity index (χ3n) is 4.02. The summed E-state index contributed by atoms with van der Waals surface area (Å²) in [5.41, 5.74) is 0.0706. The minimum atomic E-state index is 0.0706. The highest BCUT2D eigenvalue weighted by molar-refractivity contribution is 7.09. The predicted octanol–water partition coefficient (Wildman–Crippen LogP) is 2.31. The van der Waals surface area contributed by atoms with E-state index in [4.69, 9.17) is 0 Å². The van der Waals surface area contributed by atoms with Crippen molar-refractivity contribution in [3.63, 3.8) is 0 Å². The quantitative estimate of drug-likeness (QED) is 0.896. The lowest BCUT2D eigenvalue weighted by Gasteiger charge is -2.44. The molecule has 96 valence electrons. The van der Waals surface area contributed by atoms with Crippen molar-refractivity contribution >= 4 is 11.3 Å². The van der Waals surface area contributed by atoms with Gasteiger partial charge in [0.25, 0.3) is 0 Å². The Morgan fingerprint density at radius 1 is 1.53 bits per heavy atom. The maximum Gasteiger partial charge on any atom is 0.112 e. The summed E-state index contributed by atoms with van der Waals surface area (Å²) in [4.78, 5) is 7.06. The summed E-state index contributed by atoms with van der Waals surface area (Å²) in [6, 6.07) is 0.665. The predicted molar refractivity (Wildman–Crippen MR) is 73.3 cm³/mol. The Kier molecular flexibility index (Phi) is 3.85. The van der Waals surface area contributed by atoms with E-state index in [1.54, 1.807) is 11.3 Å². The first kappa shape index (κ1) is 13.0. The lowest BCUT2D eigenvalue weighted by Crippen LogP contribution is -2.53. The van der Waals surface area contributed by atoms with E-state index >= 15 is 0 Å². The topological polar surface area (TPSA) is 28.2 Å². The van der Waals surface area contributed by atoms with Crippen molar-refractivity contribution < 1.29 is 0 Å². The molecule has 17 heavy (non-hydrogen) atoms. The van der Waals surface area contributed by atoms with Gasteiger partial charge in [0.05, 0.1) is 5.54 Å². The molecule has 0 bridgehead atoms. The summed E-state index contributed by atoms with van der Waals surface area (Å²) >= 11 is 1.76. The Morgan fingerprint density at radius 3 is 2.82 bits per heavy atom. The molecule has 0 saturated carbocycles. The zero-order valence-corrected chi connectivity index (χ0v) is 12.0. The molecule has 1 aliphatic heterocycles. The first-order valence-corrected chi connectivity index (χ1v) is 7.26. The molecule has 2 unspecified atom stereocenters. The molecule has 1 saturated heterocycles. The van der Waals surface area contributed by atoms with Crippen LogP contribution in [0.3, 0.4) is 0 Å². The zero-order chi connectivity index (χ0) is 12.5. The highest BCUT2D eigenvalue weighted by atomic mass is 32.1. The van der Waals surface area contributed by atoms with E-state index in [1.165, 1.54) is 11.4 Å². The summed E-state index contributed by atoms with van der Waals surface area (Å²) < 4.78 is 0. The monoisotopic (exact) mass is 253 g/mol. The van der Waals surface area contributed by atoms with Crippen molar-refractivity contribution in [3.05, 3.63) is 16.6 Å². The molecule has 1 aliphatic rings. The summed E-state index contributed by atoms with van der Waals surface area (Å²) in [5.74, 6) is 0.702. The number of thiazole rings is 1. The van der Waals surface area contributed by atoms with Crippen molar-refractivity contribution in [2.75, 3.05) is 20.1 Å². The van der Waals surface area contributed by atoms with Crippen molar-refractivity contribution in [2.45, 2.75) is 38.8 Å². The van der Waals surface area contributed by atoms with E-state index in [0.717, 1.165) is 13.1 Å². The molecule has 0 radical (unpaired) electrons. The van der Waals surface area contributed by atoms with Gasteiger partial charge in [-0.05, 0) is 33.2 Å². The smallest absolute Gasteiger partial charge is 0.112 e. The fourth-order valence-electron chi connectivity index (χ4n) is 2.74. The maximum atomic E-state index is 4.49. The molecule has 4 heteroatoms. The van der Waals surface area contributed by atoms with Crippen molar-refractivity contribution in [1.29, 1.82) is 0 Å².